The Morgan fingerprint density at radius 2 is 1.87 bits per heavy atom. The summed E-state index contributed by atoms with van der Waals surface area (Å²) in [4.78, 5) is 34.3. The second-order valence-corrected chi connectivity index (χ2v) is 5.78. The van der Waals surface area contributed by atoms with E-state index < -0.39 is 23.3 Å². The molecule has 122 valence electrons. The second kappa shape index (κ2) is 6.51. The van der Waals surface area contributed by atoms with Crippen LogP contribution in [0.5, 0.6) is 5.75 Å². The van der Waals surface area contributed by atoms with E-state index in [2.05, 4.69) is 5.32 Å². The third-order valence-corrected chi connectivity index (χ3v) is 2.60. The van der Waals surface area contributed by atoms with E-state index in [9.17, 15) is 14.4 Å². The summed E-state index contributed by atoms with van der Waals surface area (Å²) < 4.78 is 15.1. The van der Waals surface area contributed by atoms with Gasteiger partial charge in [0.15, 0.2) is 0 Å². The molecule has 0 unspecified atom stereocenters. The first-order valence-electron chi connectivity index (χ1n) is 6.94. The molecule has 0 atom stereocenters. The fraction of sp³-hybridized carbons (Fsp3) is 0.312. The molecule has 2 aromatic rings. The molecule has 0 saturated carbocycles. The van der Waals surface area contributed by atoms with Crippen LogP contribution in [0, 0.1) is 0 Å². The first kappa shape index (κ1) is 16.5. The minimum atomic E-state index is -0.709. The van der Waals surface area contributed by atoms with Gasteiger partial charge in [0, 0.05) is 17.5 Å². The van der Waals surface area contributed by atoms with E-state index in [-0.39, 0.29) is 12.3 Å². The predicted octanol–water partition coefficient (Wildman–Crippen LogP) is 2.22. The first-order valence-corrected chi connectivity index (χ1v) is 6.94. The lowest BCUT2D eigenvalue weighted by Crippen LogP contribution is -2.36. The van der Waals surface area contributed by atoms with Crippen molar-refractivity contribution in [2.45, 2.75) is 26.4 Å². The van der Waals surface area contributed by atoms with Crippen LogP contribution in [0.15, 0.2) is 39.5 Å². The number of carbonyl (C=O) groups excluding carboxylic acids is 2. The van der Waals surface area contributed by atoms with Crippen LogP contribution in [0.25, 0.3) is 11.0 Å². The lowest BCUT2D eigenvalue weighted by atomic mass is 10.2. The highest BCUT2D eigenvalue weighted by Gasteiger charge is 2.17. The van der Waals surface area contributed by atoms with Gasteiger partial charge in [-0.15, -0.1) is 0 Å². The first-order chi connectivity index (χ1) is 10.7. The Labute approximate surface area is 132 Å². The minimum Gasteiger partial charge on any atom is -0.444 e. The second-order valence-electron chi connectivity index (χ2n) is 5.78. The summed E-state index contributed by atoms with van der Waals surface area (Å²) in [6.45, 7) is 4.81. The van der Waals surface area contributed by atoms with Gasteiger partial charge in [-0.3, -0.25) is 0 Å². The van der Waals surface area contributed by atoms with Crippen LogP contribution in [0.2, 0.25) is 0 Å². The summed E-state index contributed by atoms with van der Waals surface area (Å²) in [5, 5.41) is 3.00. The van der Waals surface area contributed by atoms with Gasteiger partial charge in [-0.25, -0.2) is 14.4 Å². The molecule has 1 heterocycles. The van der Waals surface area contributed by atoms with E-state index in [1.807, 2.05) is 0 Å². The predicted molar refractivity (Wildman–Crippen MR) is 82.4 cm³/mol. The van der Waals surface area contributed by atoms with Crippen LogP contribution in [0.3, 0.4) is 0 Å². The molecular weight excluding hydrogens is 302 g/mol. The van der Waals surface area contributed by atoms with Crippen molar-refractivity contribution in [3.8, 4) is 5.75 Å². The average Bonchev–Trinajstić information content (AvgIpc) is 2.43. The highest BCUT2D eigenvalue weighted by Crippen LogP contribution is 2.19. The van der Waals surface area contributed by atoms with Crippen molar-refractivity contribution in [2.75, 3.05) is 6.54 Å². The zero-order chi connectivity index (χ0) is 17.0. The SMILES string of the molecule is CC(C)(C)OC(=O)NCC(=O)Oc1ccc2ccc(=O)oc2c1. The Morgan fingerprint density at radius 1 is 1.17 bits per heavy atom. The molecule has 0 aliphatic heterocycles. The zero-order valence-corrected chi connectivity index (χ0v) is 13.0. The number of rotatable bonds is 3. The van der Waals surface area contributed by atoms with E-state index in [0.29, 0.717) is 11.0 Å². The molecule has 0 spiro atoms. The van der Waals surface area contributed by atoms with Gasteiger partial charge in [0.05, 0.1) is 0 Å². The third-order valence-electron chi connectivity index (χ3n) is 2.60. The molecule has 1 aromatic heterocycles. The molecule has 0 aliphatic carbocycles. The molecule has 23 heavy (non-hydrogen) atoms. The quantitative estimate of drug-likeness (QED) is 0.529. The van der Waals surface area contributed by atoms with E-state index >= 15 is 0 Å². The van der Waals surface area contributed by atoms with Crippen molar-refractivity contribution in [3.05, 3.63) is 40.8 Å². The molecule has 1 amide bonds. The minimum absolute atomic E-state index is 0.211. The standard InChI is InChI=1S/C16H17NO6/c1-16(2,3)23-15(20)17-9-14(19)21-11-6-4-10-5-7-13(18)22-12(10)8-11/h4-8H,9H2,1-3H3,(H,17,20). The Hall–Kier alpha value is -2.83. The summed E-state index contributed by atoms with van der Waals surface area (Å²) in [7, 11) is 0. The van der Waals surface area contributed by atoms with Gasteiger partial charge in [0.25, 0.3) is 0 Å². The van der Waals surface area contributed by atoms with Crippen LogP contribution in [0.1, 0.15) is 20.8 Å². The molecule has 0 aliphatic rings. The summed E-state index contributed by atoms with van der Waals surface area (Å²) in [6.07, 6.45) is -0.709. The third kappa shape index (κ3) is 5.14. The summed E-state index contributed by atoms with van der Waals surface area (Å²) in [5.41, 5.74) is -0.834. The molecule has 0 radical (unpaired) electrons. The maximum absolute atomic E-state index is 11.7. The molecule has 7 nitrogen and oxygen atoms in total. The van der Waals surface area contributed by atoms with Gasteiger partial charge in [-0.1, -0.05) is 0 Å². The fourth-order valence-corrected chi connectivity index (χ4v) is 1.73. The lowest BCUT2D eigenvalue weighted by Gasteiger charge is -2.19. The molecule has 7 heteroatoms. The highest BCUT2D eigenvalue weighted by atomic mass is 16.6. The maximum atomic E-state index is 11.7. The van der Waals surface area contributed by atoms with Crippen molar-refractivity contribution in [3.63, 3.8) is 0 Å². The number of carbonyl (C=O) groups is 2. The van der Waals surface area contributed by atoms with Crippen molar-refractivity contribution in [1.29, 1.82) is 0 Å². The van der Waals surface area contributed by atoms with E-state index in [4.69, 9.17) is 13.9 Å². The van der Waals surface area contributed by atoms with Crippen LogP contribution in [-0.4, -0.2) is 24.2 Å². The molecule has 1 aromatic carbocycles. The van der Waals surface area contributed by atoms with Crippen molar-refractivity contribution >= 4 is 23.0 Å². The smallest absolute Gasteiger partial charge is 0.408 e. The average molecular weight is 319 g/mol. The molecule has 1 N–H and O–H groups in total. The van der Waals surface area contributed by atoms with E-state index in [0.717, 1.165) is 0 Å². The number of hydrogen-bond donors (Lipinski definition) is 1. The summed E-state index contributed by atoms with van der Waals surface area (Å²) in [6, 6.07) is 7.56. The summed E-state index contributed by atoms with van der Waals surface area (Å²) >= 11 is 0. The van der Waals surface area contributed by atoms with Gasteiger partial charge in [0.2, 0.25) is 0 Å². The fourth-order valence-electron chi connectivity index (χ4n) is 1.73. The van der Waals surface area contributed by atoms with Gasteiger partial charge in [0.1, 0.15) is 23.5 Å². The lowest BCUT2D eigenvalue weighted by molar-refractivity contribution is -0.133. The van der Waals surface area contributed by atoms with Crippen molar-refractivity contribution < 1.29 is 23.5 Å². The number of fused-ring (bicyclic) bond motifs is 1. The Morgan fingerprint density at radius 3 is 2.57 bits per heavy atom. The van der Waals surface area contributed by atoms with Crippen molar-refractivity contribution in [1.82, 2.24) is 5.32 Å². The number of esters is 1. The van der Waals surface area contributed by atoms with Crippen LogP contribution in [-0.2, 0) is 9.53 Å². The Kier molecular flexibility index (Phi) is 4.68. The van der Waals surface area contributed by atoms with Crippen LogP contribution in [0.4, 0.5) is 4.79 Å². The number of amides is 1. The van der Waals surface area contributed by atoms with Gasteiger partial charge < -0.3 is 19.2 Å². The monoisotopic (exact) mass is 319 g/mol. The highest BCUT2D eigenvalue weighted by molar-refractivity contribution is 5.82. The number of hydrogen-bond acceptors (Lipinski definition) is 6. The number of alkyl carbamates (subject to hydrolysis) is 1. The van der Waals surface area contributed by atoms with Gasteiger partial charge in [-0.2, -0.15) is 0 Å². The van der Waals surface area contributed by atoms with Gasteiger partial charge >= 0.3 is 17.7 Å². The maximum Gasteiger partial charge on any atom is 0.408 e. The van der Waals surface area contributed by atoms with Crippen LogP contribution >= 0.6 is 0 Å². The summed E-state index contributed by atoms with van der Waals surface area (Å²) in [5.74, 6) is -0.462. The van der Waals surface area contributed by atoms with E-state index in [1.54, 1.807) is 39.0 Å². The molecular formula is C16H17NO6. The zero-order valence-electron chi connectivity index (χ0n) is 13.0. The number of ether oxygens (including phenoxy) is 2. The normalized spacial score (nSPS) is 11.1. The molecule has 0 saturated heterocycles. The Balaban J connectivity index is 1.95. The largest absolute Gasteiger partial charge is 0.444 e. The number of nitrogens with one attached hydrogen (secondary N) is 1. The van der Waals surface area contributed by atoms with Crippen molar-refractivity contribution in [2.24, 2.45) is 0 Å². The topological polar surface area (TPSA) is 94.8 Å². The molecule has 0 bridgehead atoms. The van der Waals surface area contributed by atoms with Gasteiger partial charge in [-0.05, 0) is 39.0 Å². The Bertz CT molecular complexity index is 787. The van der Waals surface area contributed by atoms with Crippen LogP contribution < -0.4 is 15.7 Å². The number of benzene rings is 1. The van der Waals surface area contributed by atoms with E-state index in [1.165, 1.54) is 12.1 Å². The molecule has 2 rings (SSSR count). The molecule has 0 fully saturated rings.